The largest absolute Gasteiger partial charge is 0.336 e. The summed E-state index contributed by atoms with van der Waals surface area (Å²) in [6, 6.07) is 21.1. The van der Waals surface area contributed by atoms with Crippen LogP contribution in [-0.2, 0) is 11.2 Å². The fourth-order valence-electron chi connectivity index (χ4n) is 5.33. The number of piperazine rings is 1. The molecule has 1 aliphatic carbocycles. The Morgan fingerprint density at radius 1 is 0.735 bits per heavy atom. The van der Waals surface area contributed by atoms with Crippen molar-refractivity contribution in [1.82, 2.24) is 9.80 Å². The first-order chi connectivity index (χ1) is 16.6. The van der Waals surface area contributed by atoms with Gasteiger partial charge in [-0.15, -0.1) is 0 Å². The third-order valence-electron chi connectivity index (χ3n) is 7.18. The minimum atomic E-state index is -0.0639. The van der Waals surface area contributed by atoms with Crippen molar-refractivity contribution in [2.45, 2.75) is 6.42 Å². The lowest BCUT2D eigenvalue weighted by atomic mass is 10.0. The van der Waals surface area contributed by atoms with Crippen molar-refractivity contribution in [2.75, 3.05) is 44.2 Å². The number of hydrogen-bond acceptors (Lipinski definition) is 4. The molecule has 0 spiro atoms. The smallest absolute Gasteiger partial charge is 0.253 e. The van der Waals surface area contributed by atoms with Crippen molar-refractivity contribution in [2.24, 2.45) is 0 Å². The summed E-state index contributed by atoms with van der Waals surface area (Å²) in [4.78, 5) is 44.7. The van der Waals surface area contributed by atoms with Gasteiger partial charge in [-0.05, 0) is 41.3 Å². The van der Waals surface area contributed by atoms with Gasteiger partial charge in [-0.25, -0.2) is 0 Å². The standard InChI is InChI=1S/C28H25N3O3/c32-26(31-12-11-19-5-1-4-8-25(19)31)18-29-13-15-30(16-14-29)28(34)20-9-10-22-21-6-2-3-7-23(21)27(33)24(22)17-20/h1-10,17H,11-16,18H2. The minimum absolute atomic E-state index is 0.0212. The summed E-state index contributed by atoms with van der Waals surface area (Å²) in [5.74, 6) is 0.0273. The zero-order valence-electron chi connectivity index (χ0n) is 18.9. The van der Waals surface area contributed by atoms with Crippen LogP contribution in [-0.4, -0.2) is 66.7 Å². The molecule has 0 atom stereocenters. The third kappa shape index (κ3) is 3.42. The summed E-state index contributed by atoms with van der Waals surface area (Å²) in [5, 5.41) is 0. The van der Waals surface area contributed by atoms with Crippen LogP contribution in [0.2, 0.25) is 0 Å². The van der Waals surface area contributed by atoms with E-state index in [1.807, 2.05) is 64.4 Å². The number of para-hydroxylation sites is 1. The van der Waals surface area contributed by atoms with E-state index in [9.17, 15) is 14.4 Å². The number of benzene rings is 3. The molecule has 3 aliphatic rings. The zero-order valence-corrected chi connectivity index (χ0v) is 18.9. The van der Waals surface area contributed by atoms with Crippen LogP contribution < -0.4 is 4.90 Å². The molecule has 6 rings (SSSR count). The highest BCUT2D eigenvalue weighted by Gasteiger charge is 2.30. The van der Waals surface area contributed by atoms with Crippen LogP contribution >= 0.6 is 0 Å². The van der Waals surface area contributed by atoms with Crippen molar-refractivity contribution in [3.63, 3.8) is 0 Å². The molecular weight excluding hydrogens is 426 g/mol. The molecule has 2 aliphatic heterocycles. The Morgan fingerprint density at radius 3 is 2.26 bits per heavy atom. The summed E-state index contributed by atoms with van der Waals surface area (Å²) in [5.41, 5.74) is 5.91. The van der Waals surface area contributed by atoms with Gasteiger partial charge in [-0.2, -0.15) is 0 Å². The second-order valence-corrected chi connectivity index (χ2v) is 9.13. The Labute approximate surface area is 198 Å². The fraction of sp³-hybridized carbons (Fsp3) is 0.250. The van der Waals surface area contributed by atoms with Crippen LogP contribution in [0, 0.1) is 0 Å². The molecule has 0 radical (unpaired) electrons. The maximum absolute atomic E-state index is 13.2. The fourth-order valence-corrected chi connectivity index (χ4v) is 5.33. The zero-order chi connectivity index (χ0) is 23.2. The number of amides is 2. The maximum Gasteiger partial charge on any atom is 0.253 e. The lowest BCUT2D eigenvalue weighted by molar-refractivity contribution is -0.120. The Balaban J connectivity index is 1.09. The van der Waals surface area contributed by atoms with Crippen LogP contribution in [0.15, 0.2) is 66.7 Å². The molecule has 6 nitrogen and oxygen atoms in total. The highest BCUT2D eigenvalue weighted by atomic mass is 16.2. The molecule has 34 heavy (non-hydrogen) atoms. The van der Waals surface area contributed by atoms with Crippen LogP contribution in [0.25, 0.3) is 11.1 Å². The van der Waals surface area contributed by atoms with E-state index in [4.69, 9.17) is 0 Å². The number of ketones is 1. The maximum atomic E-state index is 13.2. The molecule has 1 fully saturated rings. The molecule has 2 heterocycles. The van der Waals surface area contributed by atoms with E-state index in [0.717, 1.165) is 29.8 Å². The molecule has 0 N–H and O–H groups in total. The minimum Gasteiger partial charge on any atom is -0.336 e. The van der Waals surface area contributed by atoms with E-state index < -0.39 is 0 Å². The van der Waals surface area contributed by atoms with E-state index in [2.05, 4.69) is 11.0 Å². The average Bonchev–Trinajstić information content (AvgIpc) is 3.44. The summed E-state index contributed by atoms with van der Waals surface area (Å²) in [7, 11) is 0. The van der Waals surface area contributed by atoms with Crippen LogP contribution in [0.1, 0.15) is 31.8 Å². The summed E-state index contributed by atoms with van der Waals surface area (Å²) >= 11 is 0. The number of rotatable bonds is 3. The first kappa shape index (κ1) is 20.8. The average molecular weight is 452 g/mol. The lowest BCUT2D eigenvalue weighted by Crippen LogP contribution is -2.51. The highest BCUT2D eigenvalue weighted by Crippen LogP contribution is 2.37. The quantitative estimate of drug-likeness (QED) is 0.480. The van der Waals surface area contributed by atoms with E-state index in [-0.39, 0.29) is 17.6 Å². The predicted molar refractivity (Wildman–Crippen MR) is 130 cm³/mol. The van der Waals surface area contributed by atoms with Gasteiger partial charge in [0.2, 0.25) is 5.91 Å². The number of nitrogens with zero attached hydrogens (tertiary/aromatic N) is 3. The Bertz CT molecular complexity index is 1320. The van der Waals surface area contributed by atoms with Gasteiger partial charge in [0.05, 0.1) is 6.54 Å². The van der Waals surface area contributed by atoms with Crippen molar-refractivity contribution >= 4 is 23.3 Å². The SMILES string of the molecule is O=C1c2ccccc2-c2ccc(C(=O)N3CCN(CC(=O)N4CCc5ccccc54)CC3)cc21. The number of carbonyl (C=O) groups excluding carboxylic acids is 3. The van der Waals surface area contributed by atoms with Gasteiger partial charge in [-0.1, -0.05) is 48.5 Å². The molecule has 1 saturated heterocycles. The van der Waals surface area contributed by atoms with Gasteiger partial charge in [0.1, 0.15) is 0 Å². The monoisotopic (exact) mass is 451 g/mol. The number of anilines is 1. The summed E-state index contributed by atoms with van der Waals surface area (Å²) in [6.45, 7) is 3.53. The first-order valence-electron chi connectivity index (χ1n) is 11.8. The second-order valence-electron chi connectivity index (χ2n) is 9.13. The van der Waals surface area contributed by atoms with Gasteiger partial charge in [0.25, 0.3) is 5.91 Å². The second kappa shape index (κ2) is 8.22. The predicted octanol–water partition coefficient (Wildman–Crippen LogP) is 3.25. The molecule has 0 aromatic heterocycles. The number of hydrogen-bond donors (Lipinski definition) is 0. The van der Waals surface area contributed by atoms with Gasteiger partial charge in [0.15, 0.2) is 5.78 Å². The van der Waals surface area contributed by atoms with E-state index in [1.54, 1.807) is 6.07 Å². The van der Waals surface area contributed by atoms with Crippen LogP contribution in [0.5, 0.6) is 0 Å². The molecule has 0 unspecified atom stereocenters. The number of fused-ring (bicyclic) bond motifs is 4. The molecule has 170 valence electrons. The first-order valence-corrected chi connectivity index (χ1v) is 11.8. The third-order valence-corrected chi connectivity index (χ3v) is 7.18. The molecule has 3 aromatic carbocycles. The van der Waals surface area contributed by atoms with E-state index in [0.29, 0.717) is 49.4 Å². The normalized spacial score (nSPS) is 16.9. The van der Waals surface area contributed by atoms with E-state index >= 15 is 0 Å². The lowest BCUT2D eigenvalue weighted by Gasteiger charge is -2.35. The van der Waals surface area contributed by atoms with Gasteiger partial charge in [-0.3, -0.25) is 19.3 Å². The van der Waals surface area contributed by atoms with Crippen LogP contribution in [0.4, 0.5) is 5.69 Å². The van der Waals surface area contributed by atoms with Gasteiger partial charge < -0.3 is 9.80 Å². The molecule has 6 heteroatoms. The number of carbonyl (C=O) groups is 3. The molecule has 3 aromatic rings. The molecular formula is C28H25N3O3. The topological polar surface area (TPSA) is 60.9 Å². The Morgan fingerprint density at radius 2 is 1.44 bits per heavy atom. The van der Waals surface area contributed by atoms with Crippen molar-refractivity contribution in [1.29, 1.82) is 0 Å². The van der Waals surface area contributed by atoms with Crippen molar-refractivity contribution in [3.8, 4) is 11.1 Å². The highest BCUT2D eigenvalue weighted by molar-refractivity contribution is 6.22. The van der Waals surface area contributed by atoms with Crippen molar-refractivity contribution in [3.05, 3.63) is 89.0 Å². The van der Waals surface area contributed by atoms with E-state index in [1.165, 1.54) is 5.56 Å². The molecule has 2 amide bonds. The van der Waals surface area contributed by atoms with Gasteiger partial charge >= 0.3 is 0 Å². The Hall–Kier alpha value is -3.77. The van der Waals surface area contributed by atoms with Gasteiger partial charge in [0, 0.05) is 55.1 Å². The molecule has 0 saturated carbocycles. The molecule has 0 bridgehead atoms. The van der Waals surface area contributed by atoms with Crippen LogP contribution in [0.3, 0.4) is 0 Å². The summed E-state index contributed by atoms with van der Waals surface area (Å²) in [6.07, 6.45) is 0.901. The van der Waals surface area contributed by atoms with Crippen molar-refractivity contribution < 1.29 is 14.4 Å². The summed E-state index contributed by atoms with van der Waals surface area (Å²) < 4.78 is 0. The Kier molecular flexibility index (Phi) is 5.03.